The minimum Gasteiger partial charge on any atom is -0.330 e. The second-order valence-corrected chi connectivity index (χ2v) is 4.82. The molecule has 1 amide bonds. The highest BCUT2D eigenvalue weighted by Crippen LogP contribution is 2.12. The fraction of sp³-hybridized carbons (Fsp3) is 0.571. The zero-order valence-corrected chi connectivity index (χ0v) is 13.0. The first-order valence-corrected chi connectivity index (χ1v) is 6.72. The standard InChI is InChI=1S/C14H23N3O2.ClH/c1-11-9-14(19)17(2)10-12(11)16-13(18)7-5-3-4-6-8-15;/h9-10H,3-8,15H2,1-2H3,(H,16,18);1H. The van der Waals surface area contributed by atoms with Gasteiger partial charge in [-0.2, -0.15) is 0 Å². The van der Waals surface area contributed by atoms with E-state index in [4.69, 9.17) is 5.73 Å². The highest BCUT2D eigenvalue weighted by atomic mass is 35.5. The van der Waals surface area contributed by atoms with Crippen molar-refractivity contribution >= 4 is 24.0 Å². The van der Waals surface area contributed by atoms with E-state index in [-0.39, 0.29) is 23.9 Å². The maximum atomic E-state index is 11.8. The Morgan fingerprint density at radius 1 is 1.30 bits per heavy atom. The summed E-state index contributed by atoms with van der Waals surface area (Å²) in [5.41, 5.74) is 6.83. The van der Waals surface area contributed by atoms with Crippen molar-refractivity contribution in [2.45, 2.75) is 39.0 Å². The third kappa shape index (κ3) is 6.21. The number of aryl methyl sites for hydroxylation is 2. The molecular weight excluding hydrogens is 278 g/mol. The van der Waals surface area contributed by atoms with Crippen LogP contribution in [0, 0.1) is 6.92 Å². The Hall–Kier alpha value is -1.33. The van der Waals surface area contributed by atoms with Crippen molar-refractivity contribution < 1.29 is 4.79 Å². The van der Waals surface area contributed by atoms with Crippen LogP contribution in [0.1, 0.15) is 37.7 Å². The molecule has 0 saturated heterocycles. The van der Waals surface area contributed by atoms with E-state index >= 15 is 0 Å². The summed E-state index contributed by atoms with van der Waals surface area (Å²) in [5.74, 6) is -0.00509. The van der Waals surface area contributed by atoms with Crippen LogP contribution in [-0.2, 0) is 11.8 Å². The zero-order chi connectivity index (χ0) is 14.3. The highest BCUT2D eigenvalue weighted by Gasteiger charge is 2.06. The Kier molecular flexibility index (Phi) is 8.92. The van der Waals surface area contributed by atoms with Gasteiger partial charge in [0, 0.05) is 25.7 Å². The van der Waals surface area contributed by atoms with Gasteiger partial charge in [-0.1, -0.05) is 12.8 Å². The molecule has 1 aromatic rings. The normalized spacial score (nSPS) is 9.95. The van der Waals surface area contributed by atoms with E-state index in [1.807, 2.05) is 6.92 Å². The van der Waals surface area contributed by atoms with E-state index in [1.54, 1.807) is 13.2 Å². The van der Waals surface area contributed by atoms with E-state index < -0.39 is 0 Å². The number of hydrogen-bond acceptors (Lipinski definition) is 3. The van der Waals surface area contributed by atoms with Gasteiger partial charge in [-0.15, -0.1) is 12.4 Å². The predicted molar refractivity (Wildman–Crippen MR) is 84.4 cm³/mol. The van der Waals surface area contributed by atoms with Crippen LogP contribution in [-0.4, -0.2) is 17.0 Å². The average molecular weight is 302 g/mol. The summed E-state index contributed by atoms with van der Waals surface area (Å²) in [7, 11) is 1.67. The first-order chi connectivity index (χ1) is 9.04. The summed E-state index contributed by atoms with van der Waals surface area (Å²) in [6.07, 6.45) is 6.15. The minimum atomic E-state index is -0.0720. The molecule has 20 heavy (non-hydrogen) atoms. The highest BCUT2D eigenvalue weighted by molar-refractivity contribution is 5.91. The average Bonchev–Trinajstić information content (AvgIpc) is 2.35. The quantitative estimate of drug-likeness (QED) is 0.756. The lowest BCUT2D eigenvalue weighted by Crippen LogP contribution is -2.19. The number of amides is 1. The Morgan fingerprint density at radius 2 is 1.95 bits per heavy atom. The van der Waals surface area contributed by atoms with Gasteiger partial charge in [0.2, 0.25) is 5.91 Å². The number of anilines is 1. The molecule has 0 fully saturated rings. The van der Waals surface area contributed by atoms with Gasteiger partial charge in [-0.05, 0) is 31.9 Å². The number of carbonyl (C=O) groups excluding carboxylic acids is 1. The number of nitrogens with one attached hydrogen (secondary N) is 1. The molecule has 0 bridgehead atoms. The first-order valence-electron chi connectivity index (χ1n) is 6.72. The molecule has 0 aliphatic heterocycles. The molecule has 0 aliphatic rings. The summed E-state index contributed by atoms with van der Waals surface area (Å²) in [5, 5.41) is 2.85. The van der Waals surface area contributed by atoms with Crippen LogP contribution in [0.5, 0.6) is 0 Å². The zero-order valence-electron chi connectivity index (χ0n) is 12.1. The summed E-state index contributed by atoms with van der Waals surface area (Å²) < 4.78 is 1.46. The number of rotatable bonds is 7. The smallest absolute Gasteiger partial charge is 0.250 e. The Labute approximate surface area is 126 Å². The third-order valence-corrected chi connectivity index (χ3v) is 3.07. The van der Waals surface area contributed by atoms with Gasteiger partial charge in [0.1, 0.15) is 0 Å². The van der Waals surface area contributed by atoms with Crippen LogP contribution in [0.3, 0.4) is 0 Å². The second-order valence-electron chi connectivity index (χ2n) is 4.82. The van der Waals surface area contributed by atoms with E-state index in [9.17, 15) is 9.59 Å². The molecule has 0 aliphatic carbocycles. The van der Waals surface area contributed by atoms with Crippen molar-refractivity contribution in [1.82, 2.24) is 4.57 Å². The van der Waals surface area contributed by atoms with Gasteiger partial charge in [0.05, 0.1) is 5.69 Å². The van der Waals surface area contributed by atoms with E-state index in [0.717, 1.165) is 31.2 Å². The fourth-order valence-electron chi connectivity index (χ4n) is 1.85. The first kappa shape index (κ1) is 18.7. The van der Waals surface area contributed by atoms with Crippen LogP contribution in [0.2, 0.25) is 0 Å². The summed E-state index contributed by atoms with van der Waals surface area (Å²) in [4.78, 5) is 23.2. The van der Waals surface area contributed by atoms with Crippen LogP contribution in [0.25, 0.3) is 0 Å². The summed E-state index contributed by atoms with van der Waals surface area (Å²) in [6.45, 7) is 2.53. The molecule has 3 N–H and O–H groups in total. The van der Waals surface area contributed by atoms with Gasteiger partial charge in [-0.25, -0.2) is 0 Å². The number of aromatic nitrogens is 1. The van der Waals surface area contributed by atoms with Crippen molar-refractivity contribution in [2.24, 2.45) is 12.8 Å². The Morgan fingerprint density at radius 3 is 2.60 bits per heavy atom. The minimum absolute atomic E-state index is 0. The van der Waals surface area contributed by atoms with Crippen molar-refractivity contribution in [1.29, 1.82) is 0 Å². The van der Waals surface area contributed by atoms with Gasteiger partial charge in [0.15, 0.2) is 0 Å². The maximum Gasteiger partial charge on any atom is 0.250 e. The molecular formula is C14H24ClN3O2. The Bertz CT molecular complexity index is 486. The van der Waals surface area contributed by atoms with Crippen LogP contribution in [0.15, 0.2) is 17.1 Å². The number of carbonyl (C=O) groups is 1. The second kappa shape index (κ2) is 9.55. The largest absolute Gasteiger partial charge is 0.330 e. The Balaban J connectivity index is 0.00000361. The maximum absolute atomic E-state index is 11.8. The monoisotopic (exact) mass is 301 g/mol. The SMILES string of the molecule is Cc1cc(=O)n(C)cc1NC(=O)CCCCCCN.Cl. The molecule has 6 heteroatoms. The van der Waals surface area contributed by atoms with Gasteiger partial charge in [-0.3, -0.25) is 9.59 Å². The van der Waals surface area contributed by atoms with E-state index in [0.29, 0.717) is 18.7 Å². The summed E-state index contributed by atoms with van der Waals surface area (Å²) in [6, 6.07) is 1.52. The number of unbranched alkanes of at least 4 members (excludes halogenated alkanes) is 3. The lowest BCUT2D eigenvalue weighted by atomic mass is 10.1. The number of pyridine rings is 1. The molecule has 1 heterocycles. The molecule has 114 valence electrons. The van der Waals surface area contributed by atoms with Crippen LogP contribution < -0.4 is 16.6 Å². The van der Waals surface area contributed by atoms with Gasteiger partial charge in [0.25, 0.3) is 5.56 Å². The van der Waals surface area contributed by atoms with Gasteiger partial charge >= 0.3 is 0 Å². The molecule has 1 rings (SSSR count). The number of nitrogens with two attached hydrogens (primary N) is 1. The molecule has 0 spiro atoms. The summed E-state index contributed by atoms with van der Waals surface area (Å²) >= 11 is 0. The number of nitrogens with zero attached hydrogens (tertiary/aromatic N) is 1. The molecule has 0 aromatic carbocycles. The lowest BCUT2D eigenvalue weighted by Gasteiger charge is -2.09. The molecule has 0 radical (unpaired) electrons. The molecule has 0 unspecified atom stereocenters. The molecule has 0 atom stereocenters. The lowest BCUT2D eigenvalue weighted by molar-refractivity contribution is -0.116. The topological polar surface area (TPSA) is 77.1 Å². The predicted octanol–water partition coefficient (Wildman–Crippen LogP) is 1.96. The van der Waals surface area contributed by atoms with E-state index in [1.165, 1.54) is 10.6 Å². The van der Waals surface area contributed by atoms with Gasteiger partial charge < -0.3 is 15.6 Å². The number of hydrogen-bond donors (Lipinski definition) is 2. The van der Waals surface area contributed by atoms with Crippen molar-refractivity contribution in [3.8, 4) is 0 Å². The van der Waals surface area contributed by atoms with Crippen molar-refractivity contribution in [2.75, 3.05) is 11.9 Å². The molecule has 0 saturated carbocycles. The fourth-order valence-corrected chi connectivity index (χ4v) is 1.85. The molecule has 5 nitrogen and oxygen atoms in total. The van der Waals surface area contributed by atoms with Crippen LogP contribution >= 0.6 is 12.4 Å². The third-order valence-electron chi connectivity index (χ3n) is 3.07. The molecule has 1 aromatic heterocycles. The van der Waals surface area contributed by atoms with Crippen LogP contribution in [0.4, 0.5) is 5.69 Å². The number of halogens is 1. The van der Waals surface area contributed by atoms with Crippen molar-refractivity contribution in [3.63, 3.8) is 0 Å². The van der Waals surface area contributed by atoms with Crippen molar-refractivity contribution in [3.05, 3.63) is 28.2 Å². The van der Waals surface area contributed by atoms with E-state index in [2.05, 4.69) is 5.32 Å².